The van der Waals surface area contributed by atoms with Gasteiger partial charge in [-0.25, -0.2) is 0 Å². The second-order valence-electron chi connectivity index (χ2n) is 4.62. The first-order valence-corrected chi connectivity index (χ1v) is 6.93. The van der Waals surface area contributed by atoms with Crippen LogP contribution in [0.5, 0.6) is 0 Å². The molecule has 0 radical (unpaired) electrons. The number of carbonyl (C=O) groups excluding carboxylic acids is 1. The van der Waals surface area contributed by atoms with Crippen LogP contribution >= 0.6 is 15.9 Å². The number of benzene rings is 1. The van der Waals surface area contributed by atoms with Crippen molar-refractivity contribution < 1.29 is 4.79 Å². The third kappa shape index (κ3) is 2.84. The van der Waals surface area contributed by atoms with Crippen LogP contribution in [0.3, 0.4) is 0 Å². The highest BCUT2D eigenvalue weighted by Crippen LogP contribution is 2.22. The van der Waals surface area contributed by atoms with E-state index in [1.807, 2.05) is 31.2 Å². The first-order valence-electron chi connectivity index (χ1n) is 6.14. The number of nitrogens with one attached hydrogen (secondary N) is 1. The van der Waals surface area contributed by atoms with Crippen LogP contribution in [0.4, 0.5) is 5.69 Å². The van der Waals surface area contributed by atoms with Crippen LogP contribution in [0.15, 0.2) is 28.7 Å². The second kappa shape index (κ2) is 5.71. The van der Waals surface area contributed by atoms with Crippen molar-refractivity contribution in [1.82, 2.24) is 5.32 Å². The topological polar surface area (TPSA) is 58.4 Å². The van der Waals surface area contributed by atoms with Crippen LogP contribution in [0.25, 0.3) is 0 Å². The van der Waals surface area contributed by atoms with E-state index in [0.717, 1.165) is 23.1 Å². The molecule has 2 atom stereocenters. The van der Waals surface area contributed by atoms with Crippen molar-refractivity contribution in [1.29, 1.82) is 0 Å². The number of halogens is 1. The molecular formula is C13H18BrN3O. The van der Waals surface area contributed by atoms with E-state index < -0.39 is 0 Å². The van der Waals surface area contributed by atoms with E-state index in [-0.39, 0.29) is 18.0 Å². The maximum absolute atomic E-state index is 12.1. The van der Waals surface area contributed by atoms with E-state index in [0.29, 0.717) is 6.54 Å². The Hall–Kier alpha value is -1.07. The summed E-state index contributed by atoms with van der Waals surface area (Å²) >= 11 is 3.42. The van der Waals surface area contributed by atoms with E-state index in [2.05, 4.69) is 26.1 Å². The van der Waals surface area contributed by atoms with Gasteiger partial charge >= 0.3 is 0 Å². The third-order valence-electron chi connectivity index (χ3n) is 3.25. The fourth-order valence-electron chi connectivity index (χ4n) is 2.22. The van der Waals surface area contributed by atoms with Crippen molar-refractivity contribution in [3.63, 3.8) is 0 Å². The summed E-state index contributed by atoms with van der Waals surface area (Å²) in [5.41, 5.74) is 6.79. The maximum atomic E-state index is 12.1. The smallest absolute Gasteiger partial charge is 0.244 e. The third-order valence-corrected chi connectivity index (χ3v) is 3.78. The summed E-state index contributed by atoms with van der Waals surface area (Å²) in [5.74, 6) is 0.0189. The molecule has 1 aliphatic rings. The summed E-state index contributed by atoms with van der Waals surface area (Å²) in [6.07, 6.45) is 0.929. The second-order valence-corrected chi connectivity index (χ2v) is 5.54. The number of anilines is 1. The minimum Gasteiger partial charge on any atom is -0.358 e. The van der Waals surface area contributed by atoms with Crippen LogP contribution in [-0.2, 0) is 4.79 Å². The zero-order valence-corrected chi connectivity index (χ0v) is 12.0. The molecule has 1 aromatic carbocycles. The standard InChI is InChI=1S/C13H18BrN3O/c1-9-6-7-17(12(8-15)13(18)16-9)11-4-2-10(14)3-5-11/h2-5,9,12H,6-8,15H2,1H3,(H,16,18). The molecule has 2 unspecified atom stereocenters. The summed E-state index contributed by atoms with van der Waals surface area (Å²) in [5, 5.41) is 2.98. The summed E-state index contributed by atoms with van der Waals surface area (Å²) in [6, 6.07) is 7.90. The highest BCUT2D eigenvalue weighted by molar-refractivity contribution is 9.10. The lowest BCUT2D eigenvalue weighted by atomic mass is 10.2. The summed E-state index contributed by atoms with van der Waals surface area (Å²) < 4.78 is 1.03. The van der Waals surface area contributed by atoms with Gasteiger partial charge in [0.05, 0.1) is 0 Å². The van der Waals surface area contributed by atoms with Crippen LogP contribution < -0.4 is 16.0 Å². The Morgan fingerprint density at radius 1 is 1.44 bits per heavy atom. The molecule has 1 fully saturated rings. The van der Waals surface area contributed by atoms with Crippen molar-refractivity contribution >= 4 is 27.5 Å². The van der Waals surface area contributed by atoms with Gasteiger partial charge in [0.15, 0.2) is 0 Å². The Bertz CT molecular complexity index is 421. The fraction of sp³-hybridized carbons (Fsp3) is 0.462. The summed E-state index contributed by atoms with van der Waals surface area (Å²) in [6.45, 7) is 3.19. The fourth-order valence-corrected chi connectivity index (χ4v) is 2.48. The van der Waals surface area contributed by atoms with Gasteiger partial charge in [0, 0.05) is 29.3 Å². The van der Waals surface area contributed by atoms with Gasteiger partial charge in [-0.05, 0) is 37.6 Å². The van der Waals surface area contributed by atoms with Gasteiger partial charge in [-0.1, -0.05) is 15.9 Å². The molecular weight excluding hydrogens is 294 g/mol. The van der Waals surface area contributed by atoms with E-state index in [4.69, 9.17) is 5.73 Å². The SMILES string of the molecule is CC1CCN(c2ccc(Br)cc2)C(CN)C(=O)N1. The molecule has 1 aliphatic heterocycles. The zero-order valence-electron chi connectivity index (χ0n) is 10.4. The molecule has 1 aromatic rings. The molecule has 0 aromatic heterocycles. The quantitative estimate of drug-likeness (QED) is 0.870. The van der Waals surface area contributed by atoms with Crippen LogP contribution in [-0.4, -0.2) is 31.1 Å². The van der Waals surface area contributed by atoms with E-state index in [1.165, 1.54) is 0 Å². The van der Waals surface area contributed by atoms with E-state index in [9.17, 15) is 4.79 Å². The first-order chi connectivity index (χ1) is 8.61. The Kier molecular flexibility index (Phi) is 4.24. The van der Waals surface area contributed by atoms with Gasteiger partial charge in [0.1, 0.15) is 6.04 Å². The monoisotopic (exact) mass is 311 g/mol. The Morgan fingerprint density at radius 2 is 2.11 bits per heavy atom. The normalized spacial score (nSPS) is 24.6. The Morgan fingerprint density at radius 3 is 2.72 bits per heavy atom. The molecule has 18 heavy (non-hydrogen) atoms. The molecule has 0 saturated carbocycles. The molecule has 5 heteroatoms. The van der Waals surface area contributed by atoms with Crippen molar-refractivity contribution in [2.24, 2.45) is 5.73 Å². The number of nitrogens with zero attached hydrogens (tertiary/aromatic N) is 1. The lowest BCUT2D eigenvalue weighted by Crippen LogP contribution is -2.49. The predicted octanol–water partition coefficient (Wildman–Crippen LogP) is 1.49. The Balaban J connectivity index is 2.27. The minimum atomic E-state index is -0.281. The molecule has 0 bridgehead atoms. The highest BCUT2D eigenvalue weighted by atomic mass is 79.9. The van der Waals surface area contributed by atoms with Crippen molar-refractivity contribution in [2.45, 2.75) is 25.4 Å². The van der Waals surface area contributed by atoms with Crippen molar-refractivity contribution in [3.8, 4) is 0 Å². The molecule has 98 valence electrons. The van der Waals surface area contributed by atoms with Gasteiger partial charge in [-0.3, -0.25) is 4.79 Å². The number of carbonyl (C=O) groups is 1. The zero-order chi connectivity index (χ0) is 13.1. The van der Waals surface area contributed by atoms with Crippen LogP contribution in [0, 0.1) is 0 Å². The van der Waals surface area contributed by atoms with Crippen LogP contribution in [0.1, 0.15) is 13.3 Å². The molecule has 2 rings (SSSR count). The molecule has 1 heterocycles. The molecule has 1 amide bonds. The van der Waals surface area contributed by atoms with Gasteiger partial charge in [0.25, 0.3) is 0 Å². The molecule has 0 spiro atoms. The predicted molar refractivity (Wildman–Crippen MR) is 76.6 cm³/mol. The lowest BCUT2D eigenvalue weighted by Gasteiger charge is -2.29. The van der Waals surface area contributed by atoms with Gasteiger partial charge in [-0.15, -0.1) is 0 Å². The summed E-state index contributed by atoms with van der Waals surface area (Å²) in [4.78, 5) is 14.2. The molecule has 1 saturated heterocycles. The van der Waals surface area contributed by atoms with E-state index >= 15 is 0 Å². The van der Waals surface area contributed by atoms with E-state index in [1.54, 1.807) is 0 Å². The number of rotatable bonds is 2. The maximum Gasteiger partial charge on any atom is 0.244 e. The first kappa shape index (κ1) is 13.4. The average molecular weight is 312 g/mol. The highest BCUT2D eigenvalue weighted by Gasteiger charge is 2.29. The number of amides is 1. The number of nitrogens with two attached hydrogens (primary N) is 1. The number of hydrogen-bond donors (Lipinski definition) is 2. The summed E-state index contributed by atoms with van der Waals surface area (Å²) in [7, 11) is 0. The minimum absolute atomic E-state index is 0.0189. The Labute approximate surface area is 116 Å². The van der Waals surface area contributed by atoms with Crippen molar-refractivity contribution in [2.75, 3.05) is 18.0 Å². The van der Waals surface area contributed by atoms with Gasteiger partial charge in [0.2, 0.25) is 5.91 Å². The van der Waals surface area contributed by atoms with Crippen LogP contribution in [0.2, 0.25) is 0 Å². The van der Waals surface area contributed by atoms with Gasteiger partial charge < -0.3 is 16.0 Å². The van der Waals surface area contributed by atoms with Gasteiger partial charge in [-0.2, -0.15) is 0 Å². The molecule has 0 aliphatic carbocycles. The molecule has 3 N–H and O–H groups in total. The molecule has 4 nitrogen and oxygen atoms in total. The number of hydrogen-bond acceptors (Lipinski definition) is 3. The average Bonchev–Trinajstić information content (AvgIpc) is 2.48. The largest absolute Gasteiger partial charge is 0.358 e. The lowest BCUT2D eigenvalue weighted by molar-refractivity contribution is -0.122. The van der Waals surface area contributed by atoms with Crippen molar-refractivity contribution in [3.05, 3.63) is 28.7 Å².